The summed E-state index contributed by atoms with van der Waals surface area (Å²) in [5.74, 6) is 1.26. The summed E-state index contributed by atoms with van der Waals surface area (Å²) in [4.78, 5) is 11.5. The number of ether oxygens (including phenoxy) is 2. The van der Waals surface area contributed by atoms with Crippen LogP contribution in [-0.4, -0.2) is 64.9 Å². The smallest absolute Gasteiger partial charge is 0.220 e. The Morgan fingerprint density at radius 2 is 2.03 bits per heavy atom. The first-order valence-electron chi connectivity index (χ1n) is 12.9. The van der Waals surface area contributed by atoms with Gasteiger partial charge in [0.05, 0.1) is 37.0 Å². The second-order valence-electron chi connectivity index (χ2n) is 10.0. The Kier molecular flexibility index (Phi) is 7.22. The van der Waals surface area contributed by atoms with Crippen molar-refractivity contribution >= 4 is 17.0 Å². The topological polar surface area (TPSA) is 90.5 Å². The van der Waals surface area contributed by atoms with Gasteiger partial charge in [-0.1, -0.05) is 38.3 Å². The highest BCUT2D eigenvalue weighted by Crippen LogP contribution is 2.30. The molecule has 188 valence electrons. The van der Waals surface area contributed by atoms with Crippen LogP contribution in [0.5, 0.6) is 5.75 Å². The molecule has 0 radical (unpaired) electrons. The van der Waals surface area contributed by atoms with E-state index in [1.807, 2.05) is 6.07 Å². The normalized spacial score (nSPS) is 17.7. The minimum Gasteiger partial charge on any atom is -0.496 e. The molecule has 2 aromatic heterocycles. The molecule has 0 saturated carbocycles. The third-order valence-electron chi connectivity index (χ3n) is 7.22. The molecule has 0 amide bonds. The summed E-state index contributed by atoms with van der Waals surface area (Å²) in [6.07, 6.45) is 7.78. The standard InChI is InChI=1S/C27H38N6O2/c1-3-4-5-6-7-22-25-23(31-26(28)30-22)10-12-33(25)16-21-9-8-20(14-24(21)34-2)15-32-18-27(19-32)17-29-11-13-35-27/h8-10,12,14,29H,3-7,11,13,15-19H2,1-2H3,(H2,28,30,31). The Hall–Kier alpha value is -2.68. The number of aryl methyl sites for hydroxylation is 1. The van der Waals surface area contributed by atoms with Gasteiger partial charge in [0.2, 0.25) is 5.95 Å². The average Bonchev–Trinajstić information content (AvgIpc) is 3.24. The van der Waals surface area contributed by atoms with Gasteiger partial charge in [-0.25, -0.2) is 9.97 Å². The number of aromatic nitrogens is 3. The van der Waals surface area contributed by atoms with E-state index >= 15 is 0 Å². The first-order valence-corrected chi connectivity index (χ1v) is 12.9. The number of nitrogen functional groups attached to an aromatic ring is 1. The number of morpholine rings is 1. The van der Waals surface area contributed by atoms with Crippen LogP contribution in [0.3, 0.4) is 0 Å². The van der Waals surface area contributed by atoms with E-state index in [4.69, 9.17) is 15.2 Å². The number of nitrogens with one attached hydrogen (secondary N) is 1. The number of hydrogen-bond acceptors (Lipinski definition) is 7. The first-order chi connectivity index (χ1) is 17.1. The molecule has 1 aromatic carbocycles. The lowest BCUT2D eigenvalue weighted by Crippen LogP contribution is -2.69. The lowest BCUT2D eigenvalue weighted by Gasteiger charge is -2.51. The Morgan fingerprint density at radius 3 is 2.80 bits per heavy atom. The molecule has 8 nitrogen and oxygen atoms in total. The van der Waals surface area contributed by atoms with E-state index < -0.39 is 0 Å². The highest BCUT2D eigenvalue weighted by molar-refractivity contribution is 5.79. The summed E-state index contributed by atoms with van der Waals surface area (Å²) in [5, 5.41) is 3.46. The van der Waals surface area contributed by atoms with Crippen LogP contribution in [0.1, 0.15) is 49.4 Å². The third-order valence-corrected chi connectivity index (χ3v) is 7.22. The van der Waals surface area contributed by atoms with Crippen molar-refractivity contribution in [2.24, 2.45) is 0 Å². The predicted molar refractivity (Wildman–Crippen MR) is 139 cm³/mol. The van der Waals surface area contributed by atoms with Crippen molar-refractivity contribution in [3.8, 4) is 5.75 Å². The van der Waals surface area contributed by atoms with Gasteiger partial charge in [0.25, 0.3) is 0 Å². The average molecular weight is 479 g/mol. The molecule has 0 aliphatic carbocycles. The van der Waals surface area contributed by atoms with Crippen molar-refractivity contribution in [3.05, 3.63) is 47.3 Å². The Balaban J connectivity index is 1.30. The maximum absolute atomic E-state index is 6.03. The largest absolute Gasteiger partial charge is 0.496 e. The molecule has 2 aliphatic rings. The summed E-state index contributed by atoms with van der Waals surface area (Å²) in [6, 6.07) is 8.61. The first kappa shape index (κ1) is 24.0. The number of methoxy groups -OCH3 is 1. The molecule has 5 rings (SSSR count). The van der Waals surface area contributed by atoms with Gasteiger partial charge in [0, 0.05) is 44.5 Å². The van der Waals surface area contributed by atoms with Crippen molar-refractivity contribution in [2.45, 2.75) is 57.7 Å². The SMILES string of the molecule is CCCCCCc1nc(N)nc2ccn(Cc3ccc(CN4CC5(CNCCO5)C4)cc3OC)c12. The zero-order valence-corrected chi connectivity index (χ0v) is 21.1. The number of rotatable bonds is 10. The van der Waals surface area contributed by atoms with Crippen LogP contribution in [0, 0.1) is 0 Å². The summed E-state index contributed by atoms with van der Waals surface area (Å²) in [6.45, 7) is 8.50. The molecule has 0 unspecified atom stereocenters. The monoisotopic (exact) mass is 478 g/mol. The van der Waals surface area contributed by atoms with E-state index in [1.54, 1.807) is 7.11 Å². The van der Waals surface area contributed by atoms with Crippen molar-refractivity contribution in [3.63, 3.8) is 0 Å². The van der Waals surface area contributed by atoms with E-state index in [9.17, 15) is 0 Å². The predicted octanol–water partition coefficient (Wildman–Crippen LogP) is 3.37. The fourth-order valence-electron chi connectivity index (χ4n) is 5.48. The molecular formula is C27H38N6O2. The number of benzene rings is 1. The van der Waals surface area contributed by atoms with Crippen LogP contribution in [0.4, 0.5) is 5.95 Å². The third kappa shape index (κ3) is 5.29. The molecule has 0 atom stereocenters. The molecular weight excluding hydrogens is 440 g/mol. The molecule has 35 heavy (non-hydrogen) atoms. The van der Waals surface area contributed by atoms with E-state index in [-0.39, 0.29) is 5.60 Å². The number of nitrogens with two attached hydrogens (primary N) is 1. The van der Waals surface area contributed by atoms with Gasteiger partial charge >= 0.3 is 0 Å². The van der Waals surface area contributed by atoms with Gasteiger partial charge in [-0.2, -0.15) is 0 Å². The van der Waals surface area contributed by atoms with E-state index in [1.165, 1.54) is 24.8 Å². The molecule has 8 heteroatoms. The van der Waals surface area contributed by atoms with Crippen LogP contribution in [0.25, 0.3) is 11.0 Å². The van der Waals surface area contributed by atoms with Gasteiger partial charge in [-0.05, 0) is 30.5 Å². The van der Waals surface area contributed by atoms with Crippen molar-refractivity contribution in [1.29, 1.82) is 0 Å². The van der Waals surface area contributed by atoms with Crippen molar-refractivity contribution in [1.82, 2.24) is 24.8 Å². The van der Waals surface area contributed by atoms with Gasteiger partial charge < -0.3 is 25.1 Å². The summed E-state index contributed by atoms with van der Waals surface area (Å²) >= 11 is 0. The van der Waals surface area contributed by atoms with Crippen LogP contribution in [0.2, 0.25) is 0 Å². The maximum Gasteiger partial charge on any atom is 0.220 e. The van der Waals surface area contributed by atoms with E-state index in [2.05, 4.69) is 56.1 Å². The molecule has 2 saturated heterocycles. The minimum atomic E-state index is 0.0114. The Bertz CT molecular complexity index is 1150. The zero-order chi connectivity index (χ0) is 24.3. The quantitative estimate of drug-likeness (QED) is 0.432. The van der Waals surface area contributed by atoms with Crippen LogP contribution in [0.15, 0.2) is 30.5 Å². The molecule has 3 N–H and O–H groups in total. The number of hydrogen-bond donors (Lipinski definition) is 2. The highest BCUT2D eigenvalue weighted by Gasteiger charge is 2.44. The number of fused-ring (bicyclic) bond motifs is 1. The van der Waals surface area contributed by atoms with Gasteiger partial charge in [0.1, 0.15) is 11.4 Å². The van der Waals surface area contributed by atoms with Crippen LogP contribution < -0.4 is 15.8 Å². The second-order valence-corrected chi connectivity index (χ2v) is 10.0. The fourth-order valence-corrected chi connectivity index (χ4v) is 5.48. The Labute approximate surface area is 207 Å². The Morgan fingerprint density at radius 1 is 1.14 bits per heavy atom. The van der Waals surface area contributed by atoms with Crippen LogP contribution in [-0.2, 0) is 24.2 Å². The number of anilines is 1. The fraction of sp³-hybridized carbons (Fsp3) is 0.556. The second kappa shape index (κ2) is 10.5. The van der Waals surface area contributed by atoms with Gasteiger partial charge in [-0.3, -0.25) is 4.90 Å². The summed E-state index contributed by atoms with van der Waals surface area (Å²) in [7, 11) is 1.75. The highest BCUT2D eigenvalue weighted by atomic mass is 16.5. The number of nitrogens with zero attached hydrogens (tertiary/aromatic N) is 4. The molecule has 3 aromatic rings. The van der Waals surface area contributed by atoms with Crippen LogP contribution >= 0.6 is 0 Å². The summed E-state index contributed by atoms with van der Waals surface area (Å²) < 4.78 is 14.1. The van der Waals surface area contributed by atoms with Crippen molar-refractivity contribution < 1.29 is 9.47 Å². The molecule has 2 fully saturated rings. The molecule has 1 spiro atoms. The van der Waals surface area contributed by atoms with Gasteiger partial charge in [-0.15, -0.1) is 0 Å². The maximum atomic E-state index is 6.03. The number of unbranched alkanes of at least 4 members (excludes halogenated alkanes) is 3. The minimum absolute atomic E-state index is 0.0114. The lowest BCUT2D eigenvalue weighted by molar-refractivity contribution is -0.158. The number of likely N-dealkylation sites (tertiary alicyclic amines) is 1. The van der Waals surface area contributed by atoms with Crippen molar-refractivity contribution in [2.75, 3.05) is 45.6 Å². The molecule has 4 heterocycles. The van der Waals surface area contributed by atoms with E-state index in [0.717, 1.165) is 80.2 Å². The van der Waals surface area contributed by atoms with Gasteiger partial charge in [0.15, 0.2) is 0 Å². The van der Waals surface area contributed by atoms with E-state index in [0.29, 0.717) is 12.5 Å². The zero-order valence-electron chi connectivity index (χ0n) is 21.1. The molecule has 2 aliphatic heterocycles. The summed E-state index contributed by atoms with van der Waals surface area (Å²) in [5.41, 5.74) is 11.4. The molecule has 0 bridgehead atoms. The lowest BCUT2D eigenvalue weighted by atomic mass is 9.92.